The Morgan fingerprint density at radius 1 is 1.32 bits per heavy atom. The van der Waals surface area contributed by atoms with Gasteiger partial charge in [-0.25, -0.2) is 4.98 Å². The third-order valence-corrected chi connectivity index (χ3v) is 6.65. The third-order valence-electron chi connectivity index (χ3n) is 5.44. The highest BCUT2D eigenvalue weighted by Gasteiger charge is 2.22. The van der Waals surface area contributed by atoms with E-state index in [1.807, 2.05) is 12.1 Å². The minimum Gasteiger partial charge on any atom is -0.383 e. The number of amides is 1. The molecule has 0 aliphatic heterocycles. The van der Waals surface area contributed by atoms with Gasteiger partial charge in [0.05, 0.1) is 35.8 Å². The Balaban J connectivity index is 1.53. The van der Waals surface area contributed by atoms with Crippen molar-refractivity contribution in [1.82, 2.24) is 14.9 Å². The molecule has 1 aliphatic rings. The number of hydrogen-bond donors (Lipinski definition) is 1. The van der Waals surface area contributed by atoms with Gasteiger partial charge >= 0.3 is 0 Å². The Morgan fingerprint density at radius 3 is 3.00 bits per heavy atom. The average molecular weight is 458 g/mol. The highest BCUT2D eigenvalue weighted by Crippen LogP contribution is 2.29. The number of aromatic nitrogens is 2. The number of carbonyl (C=O) groups excluding carboxylic acids is 1. The van der Waals surface area contributed by atoms with E-state index < -0.39 is 0 Å². The summed E-state index contributed by atoms with van der Waals surface area (Å²) in [5, 5.41) is 4.64. The van der Waals surface area contributed by atoms with E-state index in [0.29, 0.717) is 34.2 Å². The third kappa shape index (κ3) is 4.95. The molecule has 8 heteroatoms. The fourth-order valence-corrected chi connectivity index (χ4v) is 4.94. The van der Waals surface area contributed by atoms with Gasteiger partial charge in [0.25, 0.3) is 5.56 Å². The Kier molecular flexibility index (Phi) is 6.95. The Morgan fingerprint density at radius 2 is 2.16 bits per heavy atom. The molecule has 4 rings (SSSR count). The molecular weight excluding hydrogens is 434 g/mol. The quantitative estimate of drug-likeness (QED) is 0.429. The second kappa shape index (κ2) is 9.85. The molecule has 0 bridgehead atoms. The number of hydrogen-bond acceptors (Lipinski definition) is 5. The second-order valence-corrected chi connectivity index (χ2v) is 8.88. The lowest BCUT2D eigenvalue weighted by molar-refractivity contribution is -0.119. The molecular formula is C23H24ClN3O3S. The van der Waals surface area contributed by atoms with E-state index in [1.165, 1.54) is 22.9 Å². The number of methoxy groups -OCH3 is 1. The van der Waals surface area contributed by atoms with E-state index in [-0.39, 0.29) is 23.3 Å². The van der Waals surface area contributed by atoms with Crippen molar-refractivity contribution in [2.45, 2.75) is 37.0 Å². The van der Waals surface area contributed by atoms with E-state index in [4.69, 9.17) is 16.3 Å². The van der Waals surface area contributed by atoms with E-state index in [2.05, 4.69) is 22.4 Å². The zero-order valence-corrected chi connectivity index (χ0v) is 18.8. The monoisotopic (exact) mass is 457 g/mol. The lowest BCUT2D eigenvalue weighted by Gasteiger charge is -2.26. The zero-order chi connectivity index (χ0) is 21.8. The van der Waals surface area contributed by atoms with Gasteiger partial charge in [-0.05, 0) is 48.6 Å². The molecule has 2 aromatic carbocycles. The Hall–Kier alpha value is -2.35. The van der Waals surface area contributed by atoms with E-state index in [9.17, 15) is 9.59 Å². The van der Waals surface area contributed by atoms with Crippen molar-refractivity contribution in [3.63, 3.8) is 0 Å². The predicted molar refractivity (Wildman–Crippen MR) is 124 cm³/mol. The van der Waals surface area contributed by atoms with Gasteiger partial charge in [-0.1, -0.05) is 47.6 Å². The summed E-state index contributed by atoms with van der Waals surface area (Å²) in [6, 6.07) is 13.3. The fraction of sp³-hybridized carbons (Fsp3) is 0.348. The molecule has 1 aromatic heterocycles. The summed E-state index contributed by atoms with van der Waals surface area (Å²) in [5.74, 6) is 0.0925. The summed E-state index contributed by atoms with van der Waals surface area (Å²) in [6.07, 6.45) is 3.03. The number of thioether (sulfide) groups is 1. The molecule has 162 valence electrons. The molecule has 0 fully saturated rings. The molecule has 1 amide bonds. The van der Waals surface area contributed by atoms with Crippen molar-refractivity contribution in [1.29, 1.82) is 0 Å². The van der Waals surface area contributed by atoms with Crippen LogP contribution in [0.4, 0.5) is 0 Å². The molecule has 1 aliphatic carbocycles. The van der Waals surface area contributed by atoms with E-state index >= 15 is 0 Å². The van der Waals surface area contributed by atoms with Gasteiger partial charge < -0.3 is 10.1 Å². The van der Waals surface area contributed by atoms with Crippen LogP contribution < -0.4 is 10.9 Å². The number of rotatable bonds is 7. The van der Waals surface area contributed by atoms with Crippen LogP contribution in [0.3, 0.4) is 0 Å². The van der Waals surface area contributed by atoms with Crippen molar-refractivity contribution in [2.75, 3.05) is 19.5 Å². The van der Waals surface area contributed by atoms with Crippen LogP contribution in [0.25, 0.3) is 10.9 Å². The van der Waals surface area contributed by atoms with Crippen LogP contribution in [0.15, 0.2) is 52.4 Å². The lowest BCUT2D eigenvalue weighted by Crippen LogP contribution is -2.32. The van der Waals surface area contributed by atoms with Crippen molar-refractivity contribution in [3.8, 4) is 0 Å². The molecule has 1 N–H and O–H groups in total. The molecule has 1 unspecified atom stereocenters. The molecule has 31 heavy (non-hydrogen) atoms. The molecule has 3 aromatic rings. The van der Waals surface area contributed by atoms with E-state index in [1.54, 1.807) is 29.9 Å². The first-order valence-corrected chi connectivity index (χ1v) is 11.6. The minimum absolute atomic E-state index is 0.0251. The largest absolute Gasteiger partial charge is 0.383 e. The second-order valence-electron chi connectivity index (χ2n) is 7.51. The average Bonchev–Trinajstić information content (AvgIpc) is 2.77. The summed E-state index contributed by atoms with van der Waals surface area (Å²) >= 11 is 7.34. The molecule has 6 nitrogen and oxygen atoms in total. The van der Waals surface area contributed by atoms with Crippen LogP contribution in [0.5, 0.6) is 0 Å². The molecule has 0 saturated carbocycles. The standard InChI is InChI=1S/C23H24ClN3O3S/c1-30-12-11-27-22(29)18-10-9-16(24)13-20(18)26-23(27)31-14-21(28)25-19-8-4-6-15-5-2-3-7-17(15)19/h2-3,5,7,9-10,13,19H,4,6,8,11-12,14H2,1H3,(H,25,28). The minimum atomic E-state index is -0.164. The summed E-state index contributed by atoms with van der Waals surface area (Å²) < 4.78 is 6.71. The van der Waals surface area contributed by atoms with Crippen molar-refractivity contribution >= 4 is 40.2 Å². The number of benzene rings is 2. The highest BCUT2D eigenvalue weighted by atomic mass is 35.5. The van der Waals surface area contributed by atoms with Crippen LogP contribution in [0.2, 0.25) is 5.02 Å². The first-order valence-electron chi connectivity index (χ1n) is 10.3. The first-order chi connectivity index (χ1) is 15.1. The first kappa shape index (κ1) is 21.9. The van der Waals surface area contributed by atoms with Crippen LogP contribution in [-0.2, 0) is 22.5 Å². The van der Waals surface area contributed by atoms with Crippen LogP contribution >= 0.6 is 23.4 Å². The van der Waals surface area contributed by atoms with Crippen molar-refractivity contribution in [2.24, 2.45) is 0 Å². The highest BCUT2D eigenvalue weighted by molar-refractivity contribution is 7.99. The topological polar surface area (TPSA) is 73.2 Å². The van der Waals surface area contributed by atoms with Crippen LogP contribution in [-0.4, -0.2) is 34.9 Å². The van der Waals surface area contributed by atoms with Crippen molar-refractivity contribution < 1.29 is 9.53 Å². The van der Waals surface area contributed by atoms with Gasteiger partial charge in [0, 0.05) is 12.1 Å². The maximum Gasteiger partial charge on any atom is 0.262 e. The maximum atomic E-state index is 13.0. The molecule has 1 heterocycles. The van der Waals surface area contributed by atoms with Gasteiger partial charge in [-0.15, -0.1) is 0 Å². The number of halogens is 1. The Bertz CT molecular complexity index is 1160. The lowest BCUT2D eigenvalue weighted by atomic mass is 9.88. The molecule has 0 radical (unpaired) electrons. The summed E-state index contributed by atoms with van der Waals surface area (Å²) in [5.41, 5.74) is 2.86. The maximum absolute atomic E-state index is 13.0. The van der Waals surface area contributed by atoms with Crippen LogP contribution in [0, 0.1) is 0 Å². The molecule has 1 atom stereocenters. The number of ether oxygens (including phenoxy) is 1. The fourth-order valence-electron chi connectivity index (χ4n) is 3.93. The van der Waals surface area contributed by atoms with Gasteiger partial charge in [-0.2, -0.15) is 0 Å². The van der Waals surface area contributed by atoms with E-state index in [0.717, 1.165) is 19.3 Å². The zero-order valence-electron chi connectivity index (χ0n) is 17.3. The van der Waals surface area contributed by atoms with Gasteiger partial charge in [0.1, 0.15) is 0 Å². The number of fused-ring (bicyclic) bond motifs is 2. The Labute approximate surface area is 190 Å². The van der Waals surface area contributed by atoms with Gasteiger partial charge in [0.15, 0.2) is 5.16 Å². The number of carbonyl (C=O) groups is 1. The number of nitrogens with one attached hydrogen (secondary N) is 1. The number of aryl methyl sites for hydroxylation is 1. The molecule has 0 spiro atoms. The number of nitrogens with zero attached hydrogens (tertiary/aromatic N) is 2. The van der Waals surface area contributed by atoms with Gasteiger partial charge in [-0.3, -0.25) is 14.2 Å². The summed E-state index contributed by atoms with van der Waals surface area (Å²) in [7, 11) is 1.58. The SMILES string of the molecule is COCCn1c(SCC(=O)NC2CCCc3ccccc32)nc2cc(Cl)ccc2c1=O. The smallest absolute Gasteiger partial charge is 0.262 e. The van der Waals surface area contributed by atoms with Gasteiger partial charge in [0.2, 0.25) is 5.91 Å². The normalized spacial score (nSPS) is 15.6. The van der Waals surface area contributed by atoms with Crippen molar-refractivity contribution in [3.05, 3.63) is 69.0 Å². The molecule has 0 saturated heterocycles. The van der Waals surface area contributed by atoms with Crippen LogP contribution in [0.1, 0.15) is 30.0 Å². The summed E-state index contributed by atoms with van der Waals surface area (Å²) in [6.45, 7) is 0.736. The summed E-state index contributed by atoms with van der Waals surface area (Å²) in [4.78, 5) is 30.3. The predicted octanol–water partition coefficient (Wildman–Crippen LogP) is 3.98.